The molecule has 1 fully saturated rings. The molecule has 108 valence electrons. The largest absolute Gasteiger partial charge is 0.481 e. The van der Waals surface area contributed by atoms with Crippen molar-refractivity contribution in [3.8, 4) is 0 Å². The minimum absolute atomic E-state index is 0.0293. The van der Waals surface area contributed by atoms with Crippen molar-refractivity contribution in [3.63, 3.8) is 0 Å². The number of hydrogen-bond donors (Lipinski definition) is 2. The lowest BCUT2D eigenvalue weighted by atomic mass is 9.95. The summed E-state index contributed by atoms with van der Waals surface area (Å²) in [6.45, 7) is 0. The Morgan fingerprint density at radius 2 is 2.00 bits per heavy atom. The number of nitrogens with zero attached hydrogens (tertiary/aromatic N) is 1. The van der Waals surface area contributed by atoms with E-state index in [4.69, 9.17) is 0 Å². The van der Waals surface area contributed by atoms with Crippen molar-refractivity contribution in [2.24, 2.45) is 5.92 Å². The molecule has 5 nitrogen and oxygen atoms in total. The van der Waals surface area contributed by atoms with Crippen molar-refractivity contribution < 1.29 is 19.1 Å². The summed E-state index contributed by atoms with van der Waals surface area (Å²) in [6, 6.07) is 3.54. The average molecular weight is 280 g/mol. The van der Waals surface area contributed by atoms with Crippen molar-refractivity contribution in [1.29, 1.82) is 0 Å². The van der Waals surface area contributed by atoms with Crippen LogP contribution in [-0.4, -0.2) is 28.0 Å². The molecule has 1 aromatic rings. The van der Waals surface area contributed by atoms with Gasteiger partial charge in [-0.25, -0.2) is 4.98 Å². The minimum Gasteiger partial charge on any atom is -0.481 e. The SMILES string of the molecule is O=C(NC1CCCCCC1C(=O)O)c1cccc(F)n1. The standard InChI is InChI=1S/C14H17FN2O3/c15-12-8-4-7-11(16-12)13(18)17-10-6-3-1-2-5-9(10)14(19)20/h4,7-10H,1-3,5-6H2,(H,17,18)(H,19,20). The van der Waals surface area contributed by atoms with Gasteiger partial charge in [-0.1, -0.05) is 25.3 Å². The maximum atomic E-state index is 13.0. The number of aliphatic carboxylic acids is 1. The smallest absolute Gasteiger partial charge is 0.308 e. The van der Waals surface area contributed by atoms with Gasteiger partial charge in [0.05, 0.1) is 5.92 Å². The highest BCUT2D eigenvalue weighted by Crippen LogP contribution is 2.24. The van der Waals surface area contributed by atoms with Gasteiger partial charge in [0, 0.05) is 6.04 Å². The van der Waals surface area contributed by atoms with Crippen LogP contribution in [0.1, 0.15) is 42.6 Å². The zero-order valence-electron chi connectivity index (χ0n) is 11.0. The average Bonchev–Trinajstić information content (AvgIpc) is 2.64. The number of hydrogen-bond acceptors (Lipinski definition) is 3. The summed E-state index contributed by atoms with van der Waals surface area (Å²) in [5.74, 6) is -2.74. The molecule has 1 saturated carbocycles. The number of carbonyl (C=O) groups excluding carboxylic acids is 1. The lowest BCUT2D eigenvalue weighted by molar-refractivity contribution is -0.142. The van der Waals surface area contributed by atoms with Crippen molar-refractivity contribution in [3.05, 3.63) is 29.8 Å². The highest BCUT2D eigenvalue weighted by atomic mass is 19.1. The molecule has 0 spiro atoms. The Bertz CT molecular complexity index is 507. The third-order valence-corrected chi connectivity index (χ3v) is 3.60. The van der Waals surface area contributed by atoms with Crippen molar-refractivity contribution in [2.45, 2.75) is 38.1 Å². The number of rotatable bonds is 3. The van der Waals surface area contributed by atoms with E-state index in [2.05, 4.69) is 10.3 Å². The molecule has 2 N–H and O–H groups in total. The van der Waals surface area contributed by atoms with Gasteiger partial charge in [-0.3, -0.25) is 9.59 Å². The normalized spacial score (nSPS) is 22.9. The fourth-order valence-electron chi connectivity index (χ4n) is 2.55. The monoisotopic (exact) mass is 280 g/mol. The second kappa shape index (κ2) is 6.45. The lowest BCUT2D eigenvalue weighted by Gasteiger charge is -2.22. The van der Waals surface area contributed by atoms with Gasteiger partial charge in [0.1, 0.15) is 5.69 Å². The van der Waals surface area contributed by atoms with Crippen LogP contribution < -0.4 is 5.32 Å². The third-order valence-electron chi connectivity index (χ3n) is 3.60. The number of carbonyl (C=O) groups is 2. The number of pyridine rings is 1. The molecular formula is C14H17FN2O3. The molecule has 0 saturated heterocycles. The fourth-order valence-corrected chi connectivity index (χ4v) is 2.55. The van der Waals surface area contributed by atoms with E-state index in [1.54, 1.807) is 0 Å². The molecule has 0 bridgehead atoms. The van der Waals surface area contributed by atoms with Crippen LogP contribution in [0, 0.1) is 11.9 Å². The first-order chi connectivity index (χ1) is 9.58. The second-order valence-corrected chi connectivity index (χ2v) is 5.01. The van der Waals surface area contributed by atoms with E-state index < -0.39 is 29.8 Å². The van der Waals surface area contributed by atoms with Crippen molar-refractivity contribution in [1.82, 2.24) is 10.3 Å². The Hall–Kier alpha value is -1.98. The summed E-state index contributed by atoms with van der Waals surface area (Å²) in [6.07, 6.45) is 3.87. The minimum atomic E-state index is -0.899. The number of nitrogens with one attached hydrogen (secondary N) is 1. The summed E-state index contributed by atoms with van der Waals surface area (Å²) >= 11 is 0. The molecule has 0 radical (unpaired) electrons. The van der Waals surface area contributed by atoms with Crippen LogP contribution in [0.3, 0.4) is 0 Å². The summed E-state index contributed by atoms with van der Waals surface area (Å²) in [5.41, 5.74) is -0.0293. The molecule has 1 aliphatic rings. The van der Waals surface area contributed by atoms with E-state index in [1.807, 2.05) is 0 Å². The van der Waals surface area contributed by atoms with E-state index in [0.717, 1.165) is 25.3 Å². The zero-order chi connectivity index (χ0) is 14.5. The Balaban J connectivity index is 2.09. The van der Waals surface area contributed by atoms with E-state index in [1.165, 1.54) is 12.1 Å². The highest BCUT2D eigenvalue weighted by Gasteiger charge is 2.31. The van der Waals surface area contributed by atoms with Gasteiger partial charge in [0.25, 0.3) is 5.91 Å². The first kappa shape index (κ1) is 14.4. The summed E-state index contributed by atoms with van der Waals surface area (Å²) in [4.78, 5) is 26.8. The molecule has 0 aromatic carbocycles. The van der Waals surface area contributed by atoms with Gasteiger partial charge in [0.15, 0.2) is 0 Å². The first-order valence-electron chi connectivity index (χ1n) is 6.74. The molecule has 0 aliphatic heterocycles. The van der Waals surface area contributed by atoms with Gasteiger partial charge in [-0.05, 0) is 25.0 Å². The summed E-state index contributed by atoms with van der Waals surface area (Å²) in [5, 5.41) is 11.9. The molecule has 2 rings (SSSR count). The molecule has 20 heavy (non-hydrogen) atoms. The molecule has 2 unspecified atom stereocenters. The summed E-state index contributed by atoms with van der Waals surface area (Å²) in [7, 11) is 0. The lowest BCUT2D eigenvalue weighted by Crippen LogP contribution is -2.43. The van der Waals surface area contributed by atoms with Gasteiger partial charge in [0.2, 0.25) is 5.95 Å². The molecule has 6 heteroatoms. The van der Waals surface area contributed by atoms with E-state index in [-0.39, 0.29) is 5.69 Å². The molecule has 1 aromatic heterocycles. The van der Waals surface area contributed by atoms with Crippen LogP contribution in [0.25, 0.3) is 0 Å². The number of aromatic nitrogens is 1. The van der Waals surface area contributed by atoms with Crippen LogP contribution >= 0.6 is 0 Å². The van der Waals surface area contributed by atoms with Gasteiger partial charge < -0.3 is 10.4 Å². The Labute approximate surface area is 116 Å². The maximum absolute atomic E-state index is 13.0. The topological polar surface area (TPSA) is 79.3 Å². The Kier molecular flexibility index (Phi) is 4.65. The van der Waals surface area contributed by atoms with Gasteiger partial charge in [-0.2, -0.15) is 4.39 Å². The molecular weight excluding hydrogens is 263 g/mol. The number of carboxylic acids is 1. The van der Waals surface area contributed by atoms with Crippen LogP contribution in [0.2, 0.25) is 0 Å². The Morgan fingerprint density at radius 1 is 1.25 bits per heavy atom. The van der Waals surface area contributed by atoms with Crippen LogP contribution in [0.4, 0.5) is 4.39 Å². The van der Waals surface area contributed by atoms with Crippen LogP contribution in [0.15, 0.2) is 18.2 Å². The predicted octanol–water partition coefficient (Wildman–Crippen LogP) is 1.98. The summed E-state index contributed by atoms with van der Waals surface area (Å²) < 4.78 is 13.0. The quantitative estimate of drug-likeness (QED) is 0.655. The van der Waals surface area contributed by atoms with Gasteiger partial charge in [-0.15, -0.1) is 0 Å². The number of carboxylic acid groups (broad SMARTS) is 1. The van der Waals surface area contributed by atoms with E-state index in [9.17, 15) is 19.1 Å². The molecule has 1 heterocycles. The van der Waals surface area contributed by atoms with Crippen LogP contribution in [0.5, 0.6) is 0 Å². The second-order valence-electron chi connectivity index (χ2n) is 5.01. The molecule has 1 amide bonds. The number of amides is 1. The maximum Gasteiger partial charge on any atom is 0.308 e. The van der Waals surface area contributed by atoms with E-state index >= 15 is 0 Å². The van der Waals surface area contributed by atoms with Crippen molar-refractivity contribution >= 4 is 11.9 Å². The van der Waals surface area contributed by atoms with Crippen molar-refractivity contribution in [2.75, 3.05) is 0 Å². The molecule has 2 atom stereocenters. The van der Waals surface area contributed by atoms with E-state index in [0.29, 0.717) is 12.8 Å². The fraction of sp³-hybridized carbons (Fsp3) is 0.500. The third kappa shape index (κ3) is 3.53. The number of halogens is 1. The predicted molar refractivity (Wildman–Crippen MR) is 69.7 cm³/mol. The van der Waals surface area contributed by atoms with Gasteiger partial charge >= 0.3 is 5.97 Å². The zero-order valence-corrected chi connectivity index (χ0v) is 11.0. The highest BCUT2D eigenvalue weighted by molar-refractivity contribution is 5.92. The Morgan fingerprint density at radius 3 is 2.70 bits per heavy atom. The van der Waals surface area contributed by atoms with Crippen LogP contribution in [-0.2, 0) is 4.79 Å². The molecule has 1 aliphatic carbocycles. The first-order valence-corrected chi connectivity index (χ1v) is 6.74.